The Kier molecular flexibility index (Phi) is 1.78. The van der Waals surface area contributed by atoms with Crippen LogP contribution < -0.4 is 5.32 Å². The molecule has 0 radical (unpaired) electrons. The third-order valence-corrected chi connectivity index (χ3v) is 3.00. The van der Waals surface area contributed by atoms with Crippen molar-refractivity contribution in [1.82, 2.24) is 5.32 Å². The van der Waals surface area contributed by atoms with Gasteiger partial charge in [0.25, 0.3) is 0 Å². The van der Waals surface area contributed by atoms with Crippen molar-refractivity contribution in [2.75, 3.05) is 0 Å². The molecule has 2 aliphatic rings. The van der Waals surface area contributed by atoms with Crippen molar-refractivity contribution >= 4 is 5.91 Å². The summed E-state index contributed by atoms with van der Waals surface area (Å²) < 4.78 is 5.32. The van der Waals surface area contributed by atoms with E-state index in [0.29, 0.717) is 0 Å². The molecule has 1 aromatic rings. The summed E-state index contributed by atoms with van der Waals surface area (Å²) >= 11 is 0. The molecule has 2 heterocycles. The number of rotatable bonds is 1. The number of furan rings is 1. The normalized spacial score (nSPS) is 28.5. The topological polar surface area (TPSA) is 42.2 Å². The van der Waals surface area contributed by atoms with Gasteiger partial charge in [-0.15, -0.1) is 0 Å². The van der Waals surface area contributed by atoms with Gasteiger partial charge in [-0.05, 0) is 24.6 Å². The highest BCUT2D eigenvalue weighted by Gasteiger charge is 2.40. The van der Waals surface area contributed by atoms with Gasteiger partial charge < -0.3 is 9.73 Å². The van der Waals surface area contributed by atoms with Crippen molar-refractivity contribution < 1.29 is 9.21 Å². The minimum atomic E-state index is -0.156. The maximum absolute atomic E-state index is 11.8. The first-order valence-corrected chi connectivity index (χ1v) is 5.07. The second kappa shape index (κ2) is 3.12. The summed E-state index contributed by atoms with van der Waals surface area (Å²) in [7, 11) is 0. The zero-order valence-corrected chi connectivity index (χ0v) is 8.14. The third-order valence-electron chi connectivity index (χ3n) is 3.00. The van der Waals surface area contributed by atoms with Crippen LogP contribution in [0, 0.1) is 5.92 Å². The minimum absolute atomic E-state index is 0.0462. The SMILES string of the molecule is O=C1NC2=CC=CCC2C1c1ccco1. The molecule has 0 saturated carbocycles. The molecule has 0 aromatic carbocycles. The van der Waals surface area contributed by atoms with Crippen LogP contribution in [-0.2, 0) is 4.79 Å². The van der Waals surface area contributed by atoms with Gasteiger partial charge in [-0.1, -0.05) is 12.2 Å². The van der Waals surface area contributed by atoms with E-state index in [1.54, 1.807) is 6.26 Å². The molecule has 3 nitrogen and oxygen atoms in total. The molecule has 0 bridgehead atoms. The van der Waals surface area contributed by atoms with E-state index in [1.165, 1.54) is 0 Å². The number of allylic oxidation sites excluding steroid dienone is 4. The van der Waals surface area contributed by atoms with Gasteiger partial charge in [0.15, 0.2) is 0 Å². The number of carbonyl (C=O) groups is 1. The van der Waals surface area contributed by atoms with Crippen LogP contribution in [-0.4, -0.2) is 5.91 Å². The molecule has 1 aliphatic heterocycles. The Labute approximate surface area is 87.5 Å². The van der Waals surface area contributed by atoms with Gasteiger partial charge in [-0.25, -0.2) is 0 Å². The first kappa shape index (κ1) is 8.53. The van der Waals surface area contributed by atoms with E-state index >= 15 is 0 Å². The smallest absolute Gasteiger partial charge is 0.235 e. The number of hydrogen-bond acceptors (Lipinski definition) is 2. The van der Waals surface area contributed by atoms with E-state index < -0.39 is 0 Å². The lowest BCUT2D eigenvalue weighted by Crippen LogP contribution is -2.17. The molecular weight excluding hydrogens is 190 g/mol. The van der Waals surface area contributed by atoms with Gasteiger partial charge in [0.1, 0.15) is 11.7 Å². The Bertz CT molecular complexity index is 442. The quantitative estimate of drug-likeness (QED) is 0.754. The monoisotopic (exact) mass is 201 g/mol. The number of amides is 1. The highest BCUT2D eigenvalue weighted by atomic mass is 16.3. The van der Waals surface area contributed by atoms with Crippen LogP contribution in [0.4, 0.5) is 0 Å². The van der Waals surface area contributed by atoms with E-state index in [-0.39, 0.29) is 17.7 Å². The van der Waals surface area contributed by atoms with Crippen molar-refractivity contribution in [1.29, 1.82) is 0 Å². The highest BCUT2D eigenvalue weighted by molar-refractivity contribution is 5.88. The molecule has 1 N–H and O–H groups in total. The fraction of sp³-hybridized carbons (Fsp3) is 0.250. The molecule has 1 amide bonds. The van der Waals surface area contributed by atoms with Crippen LogP contribution in [0.3, 0.4) is 0 Å². The average Bonchev–Trinajstić information content (AvgIpc) is 2.82. The molecule has 76 valence electrons. The molecule has 1 fully saturated rings. The number of nitrogens with one attached hydrogen (secondary N) is 1. The first-order chi connectivity index (χ1) is 7.36. The molecule has 3 rings (SSSR count). The molecule has 0 spiro atoms. The lowest BCUT2D eigenvalue weighted by Gasteiger charge is -2.15. The van der Waals surface area contributed by atoms with E-state index in [1.807, 2.05) is 24.3 Å². The van der Waals surface area contributed by atoms with E-state index in [4.69, 9.17) is 4.42 Å². The maximum Gasteiger partial charge on any atom is 0.235 e. The van der Waals surface area contributed by atoms with Crippen LogP contribution in [0.15, 0.2) is 46.7 Å². The maximum atomic E-state index is 11.8. The summed E-state index contributed by atoms with van der Waals surface area (Å²) in [6.45, 7) is 0. The molecular formula is C12H11NO2. The summed E-state index contributed by atoms with van der Waals surface area (Å²) in [5.41, 5.74) is 1.02. The third kappa shape index (κ3) is 1.23. The summed E-state index contributed by atoms with van der Waals surface area (Å²) in [4.78, 5) is 11.8. The summed E-state index contributed by atoms with van der Waals surface area (Å²) in [6.07, 6.45) is 8.55. The largest absolute Gasteiger partial charge is 0.468 e. The fourth-order valence-corrected chi connectivity index (χ4v) is 2.30. The lowest BCUT2D eigenvalue weighted by atomic mass is 9.86. The van der Waals surface area contributed by atoms with Crippen molar-refractivity contribution in [2.45, 2.75) is 12.3 Å². The van der Waals surface area contributed by atoms with Gasteiger partial charge in [-0.2, -0.15) is 0 Å². The van der Waals surface area contributed by atoms with Crippen LogP contribution in [0.5, 0.6) is 0 Å². The first-order valence-electron chi connectivity index (χ1n) is 5.07. The molecule has 1 aromatic heterocycles. The Hall–Kier alpha value is -1.77. The van der Waals surface area contributed by atoms with E-state index in [9.17, 15) is 4.79 Å². The van der Waals surface area contributed by atoms with Gasteiger partial charge in [-0.3, -0.25) is 4.79 Å². The highest BCUT2D eigenvalue weighted by Crippen LogP contribution is 2.39. The van der Waals surface area contributed by atoms with Crippen molar-refractivity contribution in [3.8, 4) is 0 Å². The number of carbonyl (C=O) groups excluding carboxylic acids is 1. The van der Waals surface area contributed by atoms with Gasteiger partial charge in [0.05, 0.1) is 6.26 Å². The molecule has 2 unspecified atom stereocenters. The minimum Gasteiger partial charge on any atom is -0.468 e. The molecule has 1 saturated heterocycles. The number of fused-ring (bicyclic) bond motifs is 1. The predicted octanol–water partition coefficient (Wildman–Crippen LogP) is 1.95. The van der Waals surface area contributed by atoms with Crippen molar-refractivity contribution in [3.63, 3.8) is 0 Å². The van der Waals surface area contributed by atoms with Crippen LogP contribution in [0.25, 0.3) is 0 Å². The second-order valence-electron chi connectivity index (χ2n) is 3.87. The zero-order chi connectivity index (χ0) is 10.3. The van der Waals surface area contributed by atoms with Crippen LogP contribution in [0.1, 0.15) is 18.1 Å². The predicted molar refractivity (Wildman–Crippen MR) is 54.9 cm³/mol. The van der Waals surface area contributed by atoms with Crippen LogP contribution in [0.2, 0.25) is 0 Å². The van der Waals surface area contributed by atoms with Crippen molar-refractivity contribution in [3.05, 3.63) is 48.1 Å². The molecule has 2 atom stereocenters. The Morgan fingerprint density at radius 1 is 1.47 bits per heavy atom. The van der Waals surface area contributed by atoms with Gasteiger partial charge >= 0.3 is 0 Å². The molecule has 15 heavy (non-hydrogen) atoms. The average molecular weight is 201 g/mol. The van der Waals surface area contributed by atoms with Gasteiger partial charge in [0, 0.05) is 11.6 Å². The zero-order valence-electron chi connectivity index (χ0n) is 8.14. The molecule has 3 heteroatoms. The summed E-state index contributed by atoms with van der Waals surface area (Å²) in [6, 6.07) is 3.69. The van der Waals surface area contributed by atoms with E-state index in [2.05, 4.69) is 11.4 Å². The second-order valence-corrected chi connectivity index (χ2v) is 3.87. The number of hydrogen-bond donors (Lipinski definition) is 1. The van der Waals surface area contributed by atoms with Crippen LogP contribution >= 0.6 is 0 Å². The summed E-state index contributed by atoms with van der Waals surface area (Å²) in [5.74, 6) is 0.881. The lowest BCUT2D eigenvalue weighted by molar-refractivity contribution is -0.120. The van der Waals surface area contributed by atoms with E-state index in [0.717, 1.165) is 17.9 Å². The standard InChI is InChI=1S/C12H11NO2/c14-12-11(10-6-3-7-15-10)8-4-1-2-5-9(8)13-12/h1-3,5-8,11H,4H2,(H,13,14). The Balaban J connectivity index is 2.00. The Morgan fingerprint density at radius 3 is 3.20 bits per heavy atom. The molecule has 1 aliphatic carbocycles. The van der Waals surface area contributed by atoms with Crippen molar-refractivity contribution in [2.24, 2.45) is 5.92 Å². The summed E-state index contributed by atoms with van der Waals surface area (Å²) in [5, 5.41) is 2.91. The fourth-order valence-electron chi connectivity index (χ4n) is 2.30. The Morgan fingerprint density at radius 2 is 2.40 bits per heavy atom. The van der Waals surface area contributed by atoms with Gasteiger partial charge in [0.2, 0.25) is 5.91 Å².